The topological polar surface area (TPSA) is 71.4 Å². The summed E-state index contributed by atoms with van der Waals surface area (Å²) in [4.78, 5) is 12.8. The number of ether oxygens (including phenoxy) is 2. The molecular formula is C31H27ClN2O3. The van der Waals surface area contributed by atoms with Gasteiger partial charge < -0.3 is 14.8 Å². The zero-order chi connectivity index (χ0) is 26.4. The predicted molar refractivity (Wildman–Crippen MR) is 149 cm³/mol. The van der Waals surface area contributed by atoms with Crippen molar-refractivity contribution in [2.75, 3.05) is 12.4 Å². The molecule has 0 unspecified atom stereocenters. The van der Waals surface area contributed by atoms with Crippen LogP contribution in [-0.2, 0) is 17.8 Å². The van der Waals surface area contributed by atoms with E-state index >= 15 is 0 Å². The van der Waals surface area contributed by atoms with Crippen LogP contribution in [0.1, 0.15) is 29.2 Å². The maximum atomic E-state index is 12.8. The van der Waals surface area contributed by atoms with Crippen molar-refractivity contribution in [1.82, 2.24) is 0 Å². The van der Waals surface area contributed by atoms with E-state index in [0.717, 1.165) is 33.9 Å². The number of para-hydroxylation sites is 1. The molecule has 0 saturated carbocycles. The normalized spacial score (nSPS) is 11.2. The summed E-state index contributed by atoms with van der Waals surface area (Å²) in [7, 11) is 1.52. The number of methoxy groups -OCH3 is 1. The Morgan fingerprint density at radius 2 is 1.84 bits per heavy atom. The maximum absolute atomic E-state index is 12.8. The number of nitrogens with zero attached hydrogens (tertiary/aromatic N) is 1. The molecule has 5 nitrogen and oxygen atoms in total. The standard InChI is InChI=1S/C31H27ClN2O3/c1-4-22-9-6-8-12-28(22)34-31(35)24(18-33)15-21-16-27(32)30(29(17-21)36-3)37-19-26-20(2)13-14-23-10-5-7-11-25(23)26/h5-17H,4,19H2,1-3H3,(H,34,35)/b24-15+. The third-order valence-electron chi connectivity index (χ3n) is 6.21. The van der Waals surface area contributed by atoms with Crippen molar-refractivity contribution in [3.63, 3.8) is 0 Å². The Balaban J connectivity index is 1.60. The summed E-state index contributed by atoms with van der Waals surface area (Å²) in [6.07, 6.45) is 2.24. The lowest BCUT2D eigenvalue weighted by Crippen LogP contribution is -2.14. The number of nitrogens with one attached hydrogen (secondary N) is 1. The molecule has 0 aromatic heterocycles. The zero-order valence-electron chi connectivity index (χ0n) is 21.0. The maximum Gasteiger partial charge on any atom is 0.266 e. The molecule has 0 aliphatic heterocycles. The number of nitriles is 1. The molecule has 0 spiro atoms. The highest BCUT2D eigenvalue weighted by atomic mass is 35.5. The van der Waals surface area contributed by atoms with E-state index in [2.05, 4.69) is 29.6 Å². The molecular weight excluding hydrogens is 484 g/mol. The molecule has 0 atom stereocenters. The molecule has 186 valence electrons. The first kappa shape index (κ1) is 25.8. The van der Waals surface area contributed by atoms with Gasteiger partial charge in [0, 0.05) is 11.3 Å². The monoisotopic (exact) mass is 510 g/mol. The number of aryl methyl sites for hydroxylation is 2. The van der Waals surface area contributed by atoms with E-state index in [1.807, 2.05) is 56.3 Å². The van der Waals surface area contributed by atoms with Crippen LogP contribution in [0.25, 0.3) is 16.8 Å². The van der Waals surface area contributed by atoms with E-state index in [0.29, 0.717) is 34.4 Å². The first-order valence-electron chi connectivity index (χ1n) is 11.9. The summed E-state index contributed by atoms with van der Waals surface area (Å²) >= 11 is 6.60. The van der Waals surface area contributed by atoms with Crippen LogP contribution in [0.3, 0.4) is 0 Å². The SMILES string of the molecule is CCc1ccccc1NC(=O)/C(C#N)=C/c1cc(Cl)c(OCc2c(C)ccc3ccccc23)c(OC)c1. The molecule has 0 saturated heterocycles. The molecule has 0 fully saturated rings. The Hall–Kier alpha value is -4.27. The molecule has 0 aliphatic rings. The van der Waals surface area contributed by atoms with Gasteiger partial charge in [0.05, 0.1) is 12.1 Å². The van der Waals surface area contributed by atoms with Crippen molar-refractivity contribution in [2.45, 2.75) is 26.9 Å². The lowest BCUT2D eigenvalue weighted by atomic mass is 10.0. The lowest BCUT2D eigenvalue weighted by molar-refractivity contribution is -0.112. The van der Waals surface area contributed by atoms with Crippen LogP contribution in [0.15, 0.2) is 78.4 Å². The van der Waals surface area contributed by atoms with Crippen LogP contribution < -0.4 is 14.8 Å². The fourth-order valence-electron chi connectivity index (χ4n) is 4.20. The number of carbonyl (C=O) groups excluding carboxylic acids is 1. The van der Waals surface area contributed by atoms with Crippen molar-refractivity contribution < 1.29 is 14.3 Å². The van der Waals surface area contributed by atoms with E-state index < -0.39 is 5.91 Å². The average molecular weight is 511 g/mol. The van der Waals surface area contributed by atoms with Crippen molar-refractivity contribution in [3.05, 3.63) is 106 Å². The van der Waals surface area contributed by atoms with Crippen LogP contribution in [0.2, 0.25) is 5.02 Å². The van der Waals surface area contributed by atoms with Crippen LogP contribution in [-0.4, -0.2) is 13.0 Å². The highest BCUT2D eigenvalue weighted by Gasteiger charge is 2.16. The number of halogens is 1. The largest absolute Gasteiger partial charge is 0.493 e. The molecule has 0 radical (unpaired) electrons. The Morgan fingerprint density at radius 3 is 2.59 bits per heavy atom. The predicted octanol–water partition coefficient (Wildman–Crippen LogP) is 7.50. The van der Waals surface area contributed by atoms with Crippen LogP contribution in [0, 0.1) is 18.3 Å². The second-order valence-electron chi connectivity index (χ2n) is 8.54. The number of anilines is 1. The summed E-state index contributed by atoms with van der Waals surface area (Å²) < 4.78 is 11.7. The Bertz CT molecular complexity index is 1540. The smallest absolute Gasteiger partial charge is 0.266 e. The minimum Gasteiger partial charge on any atom is -0.493 e. The Labute approximate surface area is 221 Å². The highest BCUT2D eigenvalue weighted by Crippen LogP contribution is 2.38. The van der Waals surface area contributed by atoms with Crippen molar-refractivity contribution in [3.8, 4) is 17.6 Å². The number of amides is 1. The molecule has 6 heteroatoms. The second-order valence-corrected chi connectivity index (χ2v) is 8.95. The number of carbonyl (C=O) groups is 1. The molecule has 1 amide bonds. The van der Waals surface area contributed by atoms with Gasteiger partial charge in [-0.3, -0.25) is 4.79 Å². The van der Waals surface area contributed by atoms with E-state index in [-0.39, 0.29) is 5.57 Å². The van der Waals surface area contributed by atoms with Crippen LogP contribution in [0.5, 0.6) is 11.5 Å². The number of hydrogen-bond acceptors (Lipinski definition) is 4. The second kappa shape index (κ2) is 11.6. The molecule has 1 N–H and O–H groups in total. The molecule has 0 bridgehead atoms. The molecule has 37 heavy (non-hydrogen) atoms. The van der Waals surface area contributed by atoms with E-state index in [9.17, 15) is 10.1 Å². The van der Waals surface area contributed by atoms with Crippen molar-refractivity contribution in [1.29, 1.82) is 5.26 Å². The van der Waals surface area contributed by atoms with Gasteiger partial charge in [-0.1, -0.05) is 73.1 Å². The van der Waals surface area contributed by atoms with Gasteiger partial charge in [-0.05, 0) is 65.1 Å². The first-order valence-corrected chi connectivity index (χ1v) is 12.3. The summed E-state index contributed by atoms with van der Waals surface area (Å²) in [6.45, 7) is 4.36. The number of fused-ring (bicyclic) bond motifs is 1. The van der Waals surface area contributed by atoms with Crippen molar-refractivity contribution in [2.24, 2.45) is 0 Å². The highest BCUT2D eigenvalue weighted by molar-refractivity contribution is 6.32. The number of benzene rings is 4. The average Bonchev–Trinajstić information content (AvgIpc) is 2.91. The van der Waals surface area contributed by atoms with Gasteiger partial charge >= 0.3 is 0 Å². The first-order chi connectivity index (χ1) is 17.9. The quantitative estimate of drug-likeness (QED) is 0.197. The van der Waals surface area contributed by atoms with Gasteiger partial charge in [0.15, 0.2) is 11.5 Å². The lowest BCUT2D eigenvalue weighted by Gasteiger charge is -2.16. The number of rotatable bonds is 8. The molecule has 4 aromatic rings. The zero-order valence-corrected chi connectivity index (χ0v) is 21.7. The van der Waals surface area contributed by atoms with E-state index in [1.165, 1.54) is 13.2 Å². The van der Waals surface area contributed by atoms with Crippen LogP contribution in [0.4, 0.5) is 5.69 Å². The van der Waals surface area contributed by atoms with Gasteiger partial charge in [0.25, 0.3) is 5.91 Å². The summed E-state index contributed by atoms with van der Waals surface area (Å²) in [5, 5.41) is 15.1. The van der Waals surface area contributed by atoms with Gasteiger partial charge in [0.2, 0.25) is 0 Å². The van der Waals surface area contributed by atoms with Gasteiger partial charge in [0.1, 0.15) is 18.2 Å². The minimum absolute atomic E-state index is 0.0518. The van der Waals surface area contributed by atoms with Gasteiger partial charge in [-0.2, -0.15) is 5.26 Å². The molecule has 4 aromatic carbocycles. The van der Waals surface area contributed by atoms with Crippen LogP contribution >= 0.6 is 11.6 Å². The fourth-order valence-corrected chi connectivity index (χ4v) is 4.47. The summed E-state index contributed by atoms with van der Waals surface area (Å²) in [6, 6.07) is 25.1. The molecule has 0 aliphatic carbocycles. The Kier molecular flexibility index (Phi) is 8.12. The van der Waals surface area contributed by atoms with E-state index in [4.69, 9.17) is 21.1 Å². The van der Waals surface area contributed by atoms with Crippen molar-refractivity contribution >= 4 is 40.0 Å². The minimum atomic E-state index is -0.495. The Morgan fingerprint density at radius 1 is 1.08 bits per heavy atom. The van der Waals surface area contributed by atoms with E-state index in [1.54, 1.807) is 12.1 Å². The fraction of sp³-hybridized carbons (Fsp3) is 0.161. The third-order valence-corrected chi connectivity index (χ3v) is 6.49. The number of hydrogen-bond donors (Lipinski definition) is 1. The summed E-state index contributed by atoms with van der Waals surface area (Å²) in [5.41, 5.74) is 4.34. The third kappa shape index (κ3) is 5.77. The molecule has 0 heterocycles. The summed E-state index contributed by atoms with van der Waals surface area (Å²) in [5.74, 6) is 0.310. The van der Waals surface area contributed by atoms with Gasteiger partial charge in [-0.15, -0.1) is 0 Å². The van der Waals surface area contributed by atoms with Gasteiger partial charge in [-0.25, -0.2) is 0 Å². The molecule has 4 rings (SSSR count).